The van der Waals surface area contributed by atoms with E-state index in [0.717, 1.165) is 12.8 Å². The molecule has 0 aromatic heterocycles. The molecule has 0 saturated carbocycles. The summed E-state index contributed by atoms with van der Waals surface area (Å²) >= 11 is 0. The number of hydrogen-bond acceptors (Lipinski definition) is 1. The predicted molar refractivity (Wildman–Crippen MR) is 142 cm³/mol. The molecule has 1 nitrogen and oxygen atoms in total. The molecule has 0 amide bonds. The van der Waals surface area contributed by atoms with Gasteiger partial charge in [-0.1, -0.05) is 156 Å². The molecule has 0 bridgehead atoms. The Morgan fingerprint density at radius 1 is 0.419 bits per heavy atom. The fourth-order valence-electron chi connectivity index (χ4n) is 4.70. The molecule has 0 aromatic rings. The van der Waals surface area contributed by atoms with Crippen LogP contribution < -0.4 is 0 Å². The van der Waals surface area contributed by atoms with Crippen LogP contribution in [0.4, 0.5) is 0 Å². The maximum absolute atomic E-state index is 10.2. The molecule has 0 aliphatic heterocycles. The second-order valence-corrected chi connectivity index (χ2v) is 11.0. The fraction of sp³-hybridized carbons (Fsp3) is 1.00. The zero-order valence-electron chi connectivity index (χ0n) is 22.4. The Balaban J connectivity index is 3.17. The Labute approximate surface area is 198 Å². The topological polar surface area (TPSA) is 20.2 Å². The molecule has 0 heterocycles. The van der Waals surface area contributed by atoms with Gasteiger partial charge in [0.1, 0.15) is 0 Å². The second kappa shape index (κ2) is 24.6. The van der Waals surface area contributed by atoms with Gasteiger partial charge < -0.3 is 5.11 Å². The summed E-state index contributed by atoms with van der Waals surface area (Å²) in [6.07, 6.45) is 32.1. The number of aliphatic hydroxyl groups is 1. The molecule has 0 radical (unpaired) electrons. The second-order valence-electron chi connectivity index (χ2n) is 11.0. The van der Waals surface area contributed by atoms with E-state index in [1.807, 2.05) is 0 Å². The standard InChI is InChI=1S/C30H62O/c1-5-6-7-8-9-10-11-12-13-14-15-16-17-18-19-20-21-22-23-24-25-29(4)30(31)27-26-28(2)3/h28-31H,5-27H2,1-4H3. The van der Waals surface area contributed by atoms with E-state index in [1.165, 1.54) is 135 Å². The summed E-state index contributed by atoms with van der Waals surface area (Å²) in [6, 6.07) is 0. The van der Waals surface area contributed by atoms with Crippen molar-refractivity contribution in [1.82, 2.24) is 0 Å². The third-order valence-corrected chi connectivity index (χ3v) is 7.21. The molecular formula is C30H62O. The van der Waals surface area contributed by atoms with Gasteiger partial charge in [-0.3, -0.25) is 0 Å². The van der Waals surface area contributed by atoms with Crippen molar-refractivity contribution in [1.29, 1.82) is 0 Å². The van der Waals surface area contributed by atoms with Crippen molar-refractivity contribution in [3.8, 4) is 0 Å². The minimum Gasteiger partial charge on any atom is -0.393 e. The fourth-order valence-corrected chi connectivity index (χ4v) is 4.70. The van der Waals surface area contributed by atoms with Crippen LogP contribution in [-0.4, -0.2) is 11.2 Å². The summed E-state index contributed by atoms with van der Waals surface area (Å²) < 4.78 is 0. The predicted octanol–water partition coefficient (Wildman–Crippen LogP) is 10.6. The van der Waals surface area contributed by atoms with Crippen molar-refractivity contribution in [3.05, 3.63) is 0 Å². The van der Waals surface area contributed by atoms with Gasteiger partial charge in [-0.15, -0.1) is 0 Å². The maximum Gasteiger partial charge on any atom is 0.0565 e. The largest absolute Gasteiger partial charge is 0.393 e. The van der Waals surface area contributed by atoms with Crippen LogP contribution in [0.1, 0.15) is 175 Å². The van der Waals surface area contributed by atoms with Gasteiger partial charge in [0, 0.05) is 0 Å². The molecule has 0 fully saturated rings. The number of rotatable bonds is 25. The smallest absolute Gasteiger partial charge is 0.0565 e. The highest BCUT2D eigenvalue weighted by Crippen LogP contribution is 2.20. The number of unbranched alkanes of at least 4 members (excludes halogenated alkanes) is 19. The lowest BCUT2D eigenvalue weighted by Crippen LogP contribution is -2.18. The van der Waals surface area contributed by atoms with Gasteiger partial charge in [-0.05, 0) is 31.1 Å². The number of aliphatic hydroxyl groups excluding tert-OH is 1. The Kier molecular flexibility index (Phi) is 24.6. The molecule has 1 heteroatoms. The van der Waals surface area contributed by atoms with Gasteiger partial charge in [0.15, 0.2) is 0 Å². The lowest BCUT2D eigenvalue weighted by atomic mass is 9.92. The zero-order valence-corrected chi connectivity index (χ0v) is 22.4. The molecule has 1 N–H and O–H groups in total. The van der Waals surface area contributed by atoms with Crippen LogP contribution in [0.2, 0.25) is 0 Å². The van der Waals surface area contributed by atoms with E-state index in [-0.39, 0.29) is 6.10 Å². The van der Waals surface area contributed by atoms with E-state index in [0.29, 0.717) is 11.8 Å². The van der Waals surface area contributed by atoms with E-state index in [2.05, 4.69) is 27.7 Å². The molecule has 31 heavy (non-hydrogen) atoms. The van der Waals surface area contributed by atoms with E-state index in [4.69, 9.17) is 0 Å². The molecule has 2 unspecified atom stereocenters. The lowest BCUT2D eigenvalue weighted by Gasteiger charge is -2.19. The van der Waals surface area contributed by atoms with Crippen LogP contribution in [-0.2, 0) is 0 Å². The Morgan fingerprint density at radius 2 is 0.742 bits per heavy atom. The van der Waals surface area contributed by atoms with Crippen LogP contribution in [0.3, 0.4) is 0 Å². The van der Waals surface area contributed by atoms with Crippen molar-refractivity contribution in [2.75, 3.05) is 0 Å². The van der Waals surface area contributed by atoms with Crippen LogP contribution in [0.25, 0.3) is 0 Å². The molecule has 0 rings (SSSR count). The van der Waals surface area contributed by atoms with Gasteiger partial charge in [0.25, 0.3) is 0 Å². The summed E-state index contributed by atoms with van der Waals surface area (Å²) in [5.74, 6) is 1.19. The average Bonchev–Trinajstić information content (AvgIpc) is 2.75. The highest BCUT2D eigenvalue weighted by molar-refractivity contribution is 4.66. The highest BCUT2D eigenvalue weighted by Gasteiger charge is 2.14. The quantitative estimate of drug-likeness (QED) is 0.140. The minimum atomic E-state index is -0.0808. The van der Waals surface area contributed by atoms with E-state index in [1.54, 1.807) is 0 Å². The summed E-state index contributed by atoms with van der Waals surface area (Å²) in [6.45, 7) is 9.03. The summed E-state index contributed by atoms with van der Waals surface area (Å²) in [7, 11) is 0. The van der Waals surface area contributed by atoms with Crippen molar-refractivity contribution in [2.45, 2.75) is 181 Å². The van der Waals surface area contributed by atoms with Crippen molar-refractivity contribution in [2.24, 2.45) is 11.8 Å². The maximum atomic E-state index is 10.2. The van der Waals surface area contributed by atoms with Crippen LogP contribution >= 0.6 is 0 Å². The first kappa shape index (κ1) is 31.0. The first-order valence-corrected chi connectivity index (χ1v) is 14.8. The molecule has 0 saturated heterocycles. The Bertz CT molecular complexity index is 324. The molecular weight excluding hydrogens is 376 g/mol. The van der Waals surface area contributed by atoms with Crippen molar-refractivity contribution < 1.29 is 5.11 Å². The minimum absolute atomic E-state index is 0.0808. The lowest BCUT2D eigenvalue weighted by molar-refractivity contribution is 0.0956. The monoisotopic (exact) mass is 438 g/mol. The Hall–Kier alpha value is -0.0400. The van der Waals surface area contributed by atoms with Gasteiger partial charge in [-0.25, -0.2) is 0 Å². The van der Waals surface area contributed by atoms with Gasteiger partial charge in [0.05, 0.1) is 6.10 Å². The third-order valence-electron chi connectivity index (χ3n) is 7.21. The summed E-state index contributed by atoms with van der Waals surface area (Å²) in [5, 5.41) is 10.2. The van der Waals surface area contributed by atoms with Gasteiger partial charge in [0.2, 0.25) is 0 Å². The first-order chi connectivity index (χ1) is 15.1. The first-order valence-electron chi connectivity index (χ1n) is 14.8. The van der Waals surface area contributed by atoms with E-state index in [9.17, 15) is 5.11 Å². The third kappa shape index (κ3) is 24.4. The average molecular weight is 439 g/mol. The number of hydrogen-bond donors (Lipinski definition) is 1. The summed E-state index contributed by atoms with van der Waals surface area (Å²) in [4.78, 5) is 0. The highest BCUT2D eigenvalue weighted by atomic mass is 16.3. The molecule has 188 valence electrons. The molecule has 0 aromatic carbocycles. The van der Waals surface area contributed by atoms with Crippen LogP contribution in [0.15, 0.2) is 0 Å². The van der Waals surface area contributed by atoms with Gasteiger partial charge in [-0.2, -0.15) is 0 Å². The van der Waals surface area contributed by atoms with Crippen molar-refractivity contribution in [3.63, 3.8) is 0 Å². The van der Waals surface area contributed by atoms with Crippen molar-refractivity contribution >= 4 is 0 Å². The normalized spacial score (nSPS) is 13.7. The molecule has 2 atom stereocenters. The van der Waals surface area contributed by atoms with Crippen LogP contribution in [0.5, 0.6) is 0 Å². The van der Waals surface area contributed by atoms with E-state index >= 15 is 0 Å². The summed E-state index contributed by atoms with van der Waals surface area (Å²) in [5.41, 5.74) is 0. The molecule has 0 spiro atoms. The Morgan fingerprint density at radius 3 is 1.06 bits per heavy atom. The molecule has 0 aliphatic rings. The SMILES string of the molecule is CCCCCCCCCCCCCCCCCCCCCCC(C)C(O)CCC(C)C. The van der Waals surface area contributed by atoms with Crippen LogP contribution in [0, 0.1) is 11.8 Å². The zero-order chi connectivity index (χ0) is 23.0. The van der Waals surface area contributed by atoms with E-state index < -0.39 is 0 Å². The van der Waals surface area contributed by atoms with Gasteiger partial charge >= 0.3 is 0 Å². The molecule has 0 aliphatic carbocycles.